The summed E-state index contributed by atoms with van der Waals surface area (Å²) in [5.41, 5.74) is 2.41. The smallest absolute Gasteiger partial charge is 0.227 e. The summed E-state index contributed by atoms with van der Waals surface area (Å²) in [7, 11) is 1.38. The van der Waals surface area contributed by atoms with Crippen LogP contribution in [0.2, 0.25) is 0 Å². The van der Waals surface area contributed by atoms with Crippen molar-refractivity contribution < 1.29 is 19.0 Å². The highest BCUT2D eigenvalue weighted by Crippen LogP contribution is 2.25. The Balaban J connectivity index is 1.66. The fraction of sp³-hybridized carbons (Fsp3) is 0.333. The van der Waals surface area contributed by atoms with E-state index in [0.29, 0.717) is 48.6 Å². The number of hydrogen-bond acceptors (Lipinski definition) is 7. The molecule has 0 aliphatic heterocycles. The first-order valence-electron chi connectivity index (χ1n) is 9.65. The first kappa shape index (κ1) is 21.4. The van der Waals surface area contributed by atoms with Gasteiger partial charge in [0, 0.05) is 30.6 Å². The van der Waals surface area contributed by atoms with E-state index in [2.05, 4.69) is 20.4 Å². The molecule has 2 N–H and O–H groups in total. The molecule has 0 bridgehead atoms. The number of Topliss-reactive ketones (excluding diaryl/α,β-unsaturated/α-hetero) is 1. The third kappa shape index (κ3) is 5.18. The van der Waals surface area contributed by atoms with Gasteiger partial charge < -0.3 is 15.2 Å². The molecular formula is C21H24FN5O3. The van der Waals surface area contributed by atoms with Crippen molar-refractivity contribution in [2.45, 2.75) is 32.7 Å². The SMILES string of the molecule is CCC(=O)c1cc(CCc2cnc(Nc3cnn(CCO)c3)nc2)c(F)c(OC)c1. The van der Waals surface area contributed by atoms with Gasteiger partial charge in [-0.15, -0.1) is 0 Å². The predicted molar refractivity (Wildman–Crippen MR) is 110 cm³/mol. The number of aliphatic hydroxyl groups is 1. The Kier molecular flexibility index (Phi) is 7.08. The summed E-state index contributed by atoms with van der Waals surface area (Å²) in [6.45, 7) is 2.19. The van der Waals surface area contributed by atoms with Gasteiger partial charge in [-0.2, -0.15) is 5.10 Å². The molecule has 158 valence electrons. The zero-order valence-electron chi connectivity index (χ0n) is 16.9. The van der Waals surface area contributed by atoms with E-state index >= 15 is 0 Å². The van der Waals surface area contributed by atoms with Gasteiger partial charge in [-0.3, -0.25) is 9.48 Å². The number of ether oxygens (including phenoxy) is 1. The van der Waals surface area contributed by atoms with E-state index < -0.39 is 5.82 Å². The molecule has 0 fully saturated rings. The van der Waals surface area contributed by atoms with Crippen LogP contribution in [0.1, 0.15) is 34.8 Å². The summed E-state index contributed by atoms with van der Waals surface area (Å²) < 4.78 is 21.3. The molecule has 2 aromatic heterocycles. The minimum Gasteiger partial charge on any atom is -0.494 e. The molecule has 0 spiro atoms. The number of nitrogens with zero attached hydrogens (tertiary/aromatic N) is 4. The highest BCUT2D eigenvalue weighted by atomic mass is 19.1. The molecule has 0 aliphatic rings. The van der Waals surface area contributed by atoms with Crippen LogP contribution in [0.4, 0.5) is 16.0 Å². The average molecular weight is 413 g/mol. The van der Waals surface area contributed by atoms with Crippen molar-refractivity contribution in [3.8, 4) is 5.75 Å². The largest absolute Gasteiger partial charge is 0.494 e. The molecule has 2 heterocycles. The van der Waals surface area contributed by atoms with Gasteiger partial charge in [0.2, 0.25) is 5.95 Å². The Labute approximate surface area is 173 Å². The first-order chi connectivity index (χ1) is 14.5. The second kappa shape index (κ2) is 9.93. The third-order valence-electron chi connectivity index (χ3n) is 4.58. The molecule has 9 heteroatoms. The van der Waals surface area contributed by atoms with E-state index in [-0.39, 0.29) is 18.1 Å². The number of aryl methyl sites for hydroxylation is 2. The van der Waals surface area contributed by atoms with Crippen LogP contribution < -0.4 is 10.1 Å². The zero-order chi connectivity index (χ0) is 21.5. The number of halogens is 1. The van der Waals surface area contributed by atoms with E-state index in [1.54, 1.807) is 42.5 Å². The number of aromatic nitrogens is 4. The van der Waals surface area contributed by atoms with E-state index in [4.69, 9.17) is 9.84 Å². The maximum absolute atomic E-state index is 14.6. The van der Waals surface area contributed by atoms with Gasteiger partial charge in [0.1, 0.15) is 0 Å². The molecular weight excluding hydrogens is 389 g/mol. The van der Waals surface area contributed by atoms with Crippen molar-refractivity contribution in [3.05, 3.63) is 59.4 Å². The minimum absolute atomic E-state index is 0.00823. The number of ketones is 1. The molecule has 1 aromatic carbocycles. The fourth-order valence-corrected chi connectivity index (χ4v) is 2.96. The van der Waals surface area contributed by atoms with Crippen LogP contribution >= 0.6 is 0 Å². The molecule has 3 aromatic rings. The predicted octanol–water partition coefficient (Wildman–Crippen LogP) is 2.93. The topological polar surface area (TPSA) is 102 Å². The first-order valence-corrected chi connectivity index (χ1v) is 9.65. The lowest BCUT2D eigenvalue weighted by atomic mass is 10.00. The highest BCUT2D eigenvalue weighted by molar-refractivity contribution is 5.96. The number of nitrogens with one attached hydrogen (secondary N) is 1. The lowest BCUT2D eigenvalue weighted by Crippen LogP contribution is -2.04. The van der Waals surface area contributed by atoms with E-state index in [0.717, 1.165) is 5.56 Å². The maximum atomic E-state index is 14.6. The van der Waals surface area contributed by atoms with Crippen LogP contribution in [0.15, 0.2) is 36.9 Å². The quantitative estimate of drug-likeness (QED) is 0.493. The van der Waals surface area contributed by atoms with E-state index in [1.807, 2.05) is 0 Å². The molecule has 3 rings (SSSR count). The summed E-state index contributed by atoms with van der Waals surface area (Å²) in [6, 6.07) is 3.03. The lowest BCUT2D eigenvalue weighted by Gasteiger charge is -2.11. The van der Waals surface area contributed by atoms with Gasteiger partial charge in [-0.05, 0) is 36.1 Å². The normalized spacial score (nSPS) is 10.8. The number of carbonyl (C=O) groups excluding carboxylic acids is 1. The van der Waals surface area contributed by atoms with Gasteiger partial charge in [0.25, 0.3) is 0 Å². The maximum Gasteiger partial charge on any atom is 0.227 e. The molecule has 0 amide bonds. The molecule has 0 aliphatic carbocycles. The van der Waals surface area contributed by atoms with Crippen LogP contribution in [-0.4, -0.2) is 44.4 Å². The lowest BCUT2D eigenvalue weighted by molar-refractivity contribution is 0.0987. The van der Waals surface area contributed by atoms with Crippen molar-refractivity contribution in [1.82, 2.24) is 19.7 Å². The number of aliphatic hydroxyl groups excluding tert-OH is 1. The molecule has 8 nitrogen and oxygen atoms in total. The van der Waals surface area contributed by atoms with Crippen molar-refractivity contribution in [2.75, 3.05) is 19.0 Å². The standard InChI is InChI=1S/C21H24FN5O3/c1-3-18(29)16-8-15(20(22)19(9-16)30-2)5-4-14-10-23-21(24-11-14)26-17-12-25-27(13-17)6-7-28/h8-13,28H,3-7H2,1-2H3,(H,23,24,26). The molecule has 0 saturated carbocycles. The summed E-state index contributed by atoms with van der Waals surface area (Å²) in [5, 5.41) is 16.1. The van der Waals surface area contributed by atoms with Crippen LogP contribution in [0, 0.1) is 5.82 Å². The van der Waals surface area contributed by atoms with Crippen molar-refractivity contribution in [2.24, 2.45) is 0 Å². The van der Waals surface area contributed by atoms with Crippen molar-refractivity contribution >= 4 is 17.4 Å². The van der Waals surface area contributed by atoms with Crippen LogP contribution in [0.25, 0.3) is 0 Å². The van der Waals surface area contributed by atoms with Gasteiger partial charge >= 0.3 is 0 Å². The molecule has 30 heavy (non-hydrogen) atoms. The second-order valence-corrected chi connectivity index (χ2v) is 6.68. The third-order valence-corrected chi connectivity index (χ3v) is 4.58. The summed E-state index contributed by atoms with van der Waals surface area (Å²) in [6.07, 6.45) is 7.94. The number of rotatable bonds is 10. The van der Waals surface area contributed by atoms with Crippen LogP contribution in [0.3, 0.4) is 0 Å². The van der Waals surface area contributed by atoms with E-state index in [1.165, 1.54) is 13.2 Å². The highest BCUT2D eigenvalue weighted by Gasteiger charge is 2.15. The van der Waals surface area contributed by atoms with Gasteiger partial charge in [0.15, 0.2) is 17.3 Å². The van der Waals surface area contributed by atoms with Crippen LogP contribution in [-0.2, 0) is 19.4 Å². The Hall–Kier alpha value is -3.33. The van der Waals surface area contributed by atoms with Crippen molar-refractivity contribution in [1.29, 1.82) is 0 Å². The number of benzene rings is 1. The minimum atomic E-state index is -0.454. The monoisotopic (exact) mass is 413 g/mol. The average Bonchev–Trinajstić information content (AvgIpc) is 3.20. The summed E-state index contributed by atoms with van der Waals surface area (Å²) >= 11 is 0. The zero-order valence-corrected chi connectivity index (χ0v) is 16.9. The number of hydrogen-bond donors (Lipinski definition) is 2. The molecule has 0 unspecified atom stereocenters. The summed E-state index contributed by atoms with van der Waals surface area (Å²) in [5.74, 6) is -0.0348. The van der Waals surface area contributed by atoms with E-state index in [9.17, 15) is 9.18 Å². The Morgan fingerprint density at radius 2 is 2.00 bits per heavy atom. The Morgan fingerprint density at radius 3 is 2.67 bits per heavy atom. The molecule has 0 saturated heterocycles. The summed E-state index contributed by atoms with van der Waals surface area (Å²) in [4.78, 5) is 20.6. The van der Waals surface area contributed by atoms with Gasteiger partial charge in [0.05, 0.1) is 32.1 Å². The van der Waals surface area contributed by atoms with Crippen molar-refractivity contribution in [3.63, 3.8) is 0 Å². The molecule has 0 atom stereocenters. The number of methoxy groups -OCH3 is 1. The fourth-order valence-electron chi connectivity index (χ4n) is 2.96. The van der Waals surface area contributed by atoms with Crippen LogP contribution in [0.5, 0.6) is 5.75 Å². The Morgan fingerprint density at radius 1 is 1.23 bits per heavy atom. The second-order valence-electron chi connectivity index (χ2n) is 6.68. The number of anilines is 2. The number of carbonyl (C=O) groups is 1. The molecule has 0 radical (unpaired) electrons. The Bertz CT molecular complexity index is 1000. The van der Waals surface area contributed by atoms with Gasteiger partial charge in [-0.25, -0.2) is 14.4 Å². The van der Waals surface area contributed by atoms with Gasteiger partial charge in [-0.1, -0.05) is 6.92 Å².